The number of carbonyl (C=O) groups is 1. The highest BCUT2D eigenvalue weighted by Gasteiger charge is 2.30. The van der Waals surface area contributed by atoms with Crippen molar-refractivity contribution in [2.24, 2.45) is 5.73 Å². The molecular formula is C8H16N2O3. The molecule has 0 aliphatic carbocycles. The Bertz CT molecular complexity index is 186. The topological polar surface area (TPSA) is 64.8 Å². The summed E-state index contributed by atoms with van der Waals surface area (Å²) in [5.41, 5.74) is 5.39. The van der Waals surface area contributed by atoms with E-state index in [1.165, 1.54) is 0 Å². The Morgan fingerprint density at radius 2 is 2.54 bits per heavy atom. The second-order valence-corrected chi connectivity index (χ2v) is 3.19. The standard InChI is InChI=1S/C8H16N2O3/c1-6(12-2)4-10-5-7(3-9)13-8(10)11/h6-7H,3-5,9H2,1-2H3. The van der Waals surface area contributed by atoms with Crippen LogP contribution in [0.3, 0.4) is 0 Å². The summed E-state index contributed by atoms with van der Waals surface area (Å²) < 4.78 is 10.0. The van der Waals surface area contributed by atoms with Crippen LogP contribution in [0.2, 0.25) is 0 Å². The van der Waals surface area contributed by atoms with E-state index in [9.17, 15) is 4.79 Å². The van der Waals surface area contributed by atoms with E-state index in [1.807, 2.05) is 6.92 Å². The van der Waals surface area contributed by atoms with Crippen LogP contribution in [0.15, 0.2) is 0 Å². The van der Waals surface area contributed by atoms with E-state index < -0.39 is 0 Å². The van der Waals surface area contributed by atoms with Crippen molar-refractivity contribution in [3.05, 3.63) is 0 Å². The van der Waals surface area contributed by atoms with Gasteiger partial charge in [-0.15, -0.1) is 0 Å². The van der Waals surface area contributed by atoms with Crippen LogP contribution in [0.25, 0.3) is 0 Å². The molecule has 0 aromatic carbocycles. The van der Waals surface area contributed by atoms with Gasteiger partial charge in [-0.25, -0.2) is 4.79 Å². The average molecular weight is 188 g/mol. The van der Waals surface area contributed by atoms with Crippen molar-refractivity contribution in [1.29, 1.82) is 0 Å². The Labute approximate surface area is 77.8 Å². The van der Waals surface area contributed by atoms with E-state index >= 15 is 0 Å². The molecule has 0 saturated carbocycles. The number of amides is 1. The van der Waals surface area contributed by atoms with Crippen LogP contribution >= 0.6 is 0 Å². The average Bonchev–Trinajstić information content (AvgIpc) is 2.47. The molecule has 0 spiro atoms. The van der Waals surface area contributed by atoms with E-state index in [-0.39, 0.29) is 18.3 Å². The van der Waals surface area contributed by atoms with Gasteiger partial charge in [0.2, 0.25) is 0 Å². The molecule has 5 heteroatoms. The molecule has 0 radical (unpaired) electrons. The maximum Gasteiger partial charge on any atom is 0.410 e. The quantitative estimate of drug-likeness (QED) is 0.663. The molecule has 1 fully saturated rings. The Hall–Kier alpha value is -0.810. The van der Waals surface area contributed by atoms with Gasteiger partial charge in [0.25, 0.3) is 0 Å². The Balaban J connectivity index is 2.39. The Kier molecular flexibility index (Phi) is 3.50. The zero-order valence-corrected chi connectivity index (χ0v) is 8.03. The van der Waals surface area contributed by atoms with Gasteiger partial charge in [-0.3, -0.25) is 0 Å². The maximum absolute atomic E-state index is 11.2. The summed E-state index contributed by atoms with van der Waals surface area (Å²) in [5, 5.41) is 0. The minimum Gasteiger partial charge on any atom is -0.443 e. The van der Waals surface area contributed by atoms with E-state index in [0.29, 0.717) is 19.6 Å². The second kappa shape index (κ2) is 4.43. The van der Waals surface area contributed by atoms with Crippen molar-refractivity contribution < 1.29 is 14.3 Å². The lowest BCUT2D eigenvalue weighted by Crippen LogP contribution is -2.34. The number of hydrogen-bond donors (Lipinski definition) is 1. The summed E-state index contributed by atoms with van der Waals surface area (Å²) in [6.45, 7) is 3.42. The summed E-state index contributed by atoms with van der Waals surface area (Å²) in [5.74, 6) is 0. The number of rotatable bonds is 4. The lowest BCUT2D eigenvalue weighted by atomic mass is 10.3. The van der Waals surface area contributed by atoms with Crippen molar-refractivity contribution >= 4 is 6.09 Å². The number of ether oxygens (including phenoxy) is 2. The zero-order valence-electron chi connectivity index (χ0n) is 8.03. The molecule has 2 atom stereocenters. The van der Waals surface area contributed by atoms with Crippen LogP contribution in [0.1, 0.15) is 6.92 Å². The van der Waals surface area contributed by atoms with Crippen LogP contribution in [0.5, 0.6) is 0 Å². The third-order valence-corrected chi connectivity index (χ3v) is 2.09. The van der Waals surface area contributed by atoms with Gasteiger partial charge in [-0.1, -0.05) is 0 Å². The molecule has 2 N–H and O–H groups in total. The van der Waals surface area contributed by atoms with Crippen LogP contribution in [0.4, 0.5) is 4.79 Å². The SMILES string of the molecule is COC(C)CN1CC(CN)OC1=O. The lowest BCUT2D eigenvalue weighted by Gasteiger charge is -2.16. The smallest absolute Gasteiger partial charge is 0.410 e. The predicted molar refractivity (Wildman–Crippen MR) is 47.4 cm³/mol. The summed E-state index contributed by atoms with van der Waals surface area (Å²) in [7, 11) is 1.62. The Morgan fingerprint density at radius 3 is 3.00 bits per heavy atom. The van der Waals surface area contributed by atoms with Gasteiger partial charge in [0.1, 0.15) is 6.10 Å². The van der Waals surface area contributed by atoms with E-state index in [4.69, 9.17) is 15.2 Å². The largest absolute Gasteiger partial charge is 0.443 e. The number of nitrogens with two attached hydrogens (primary N) is 1. The fourth-order valence-corrected chi connectivity index (χ4v) is 1.23. The first kappa shape index (κ1) is 10.3. The van der Waals surface area contributed by atoms with Gasteiger partial charge < -0.3 is 20.1 Å². The summed E-state index contributed by atoms with van der Waals surface area (Å²) in [6.07, 6.45) is -0.417. The monoisotopic (exact) mass is 188 g/mol. The van der Waals surface area contributed by atoms with Crippen molar-refractivity contribution in [3.8, 4) is 0 Å². The second-order valence-electron chi connectivity index (χ2n) is 3.19. The highest BCUT2D eigenvalue weighted by molar-refractivity contribution is 5.69. The number of cyclic esters (lactones) is 1. The normalized spacial score (nSPS) is 24.7. The number of nitrogens with zero attached hydrogens (tertiary/aromatic N) is 1. The molecule has 1 rings (SSSR count). The predicted octanol–water partition coefficient (Wildman–Crippen LogP) is -0.199. The van der Waals surface area contributed by atoms with Crippen LogP contribution in [-0.2, 0) is 9.47 Å². The van der Waals surface area contributed by atoms with Gasteiger partial charge in [-0.2, -0.15) is 0 Å². The Morgan fingerprint density at radius 1 is 1.85 bits per heavy atom. The minimum atomic E-state index is -0.292. The molecule has 13 heavy (non-hydrogen) atoms. The van der Waals surface area contributed by atoms with Crippen LogP contribution in [0, 0.1) is 0 Å². The van der Waals surface area contributed by atoms with Gasteiger partial charge in [-0.05, 0) is 6.92 Å². The number of hydrogen-bond acceptors (Lipinski definition) is 4. The zero-order chi connectivity index (χ0) is 9.84. The molecule has 5 nitrogen and oxygen atoms in total. The minimum absolute atomic E-state index is 0.0316. The van der Waals surface area contributed by atoms with Gasteiger partial charge in [0, 0.05) is 13.7 Å². The van der Waals surface area contributed by atoms with Crippen molar-refractivity contribution in [3.63, 3.8) is 0 Å². The number of carbonyl (C=O) groups excluding carboxylic acids is 1. The van der Waals surface area contributed by atoms with Gasteiger partial charge >= 0.3 is 6.09 Å². The first-order valence-corrected chi connectivity index (χ1v) is 4.35. The molecule has 76 valence electrons. The van der Waals surface area contributed by atoms with Gasteiger partial charge in [0.15, 0.2) is 0 Å². The first-order chi connectivity index (χ1) is 6.17. The summed E-state index contributed by atoms with van der Waals surface area (Å²) in [4.78, 5) is 12.8. The molecular weight excluding hydrogens is 172 g/mol. The molecule has 1 aliphatic heterocycles. The maximum atomic E-state index is 11.2. The molecule has 1 heterocycles. The van der Waals surface area contributed by atoms with E-state index in [1.54, 1.807) is 12.0 Å². The number of methoxy groups -OCH3 is 1. The van der Waals surface area contributed by atoms with E-state index in [2.05, 4.69) is 0 Å². The third-order valence-electron chi connectivity index (χ3n) is 2.09. The molecule has 1 amide bonds. The van der Waals surface area contributed by atoms with Crippen molar-refractivity contribution in [1.82, 2.24) is 4.90 Å². The first-order valence-electron chi connectivity index (χ1n) is 4.35. The lowest BCUT2D eigenvalue weighted by molar-refractivity contribution is 0.0864. The van der Waals surface area contributed by atoms with Crippen molar-refractivity contribution in [2.45, 2.75) is 19.1 Å². The highest BCUT2D eigenvalue weighted by Crippen LogP contribution is 2.10. The highest BCUT2D eigenvalue weighted by atomic mass is 16.6. The van der Waals surface area contributed by atoms with Crippen molar-refractivity contribution in [2.75, 3.05) is 26.7 Å². The van der Waals surface area contributed by atoms with Gasteiger partial charge in [0.05, 0.1) is 19.2 Å². The molecule has 0 aromatic rings. The fraction of sp³-hybridized carbons (Fsp3) is 0.875. The summed E-state index contributed by atoms with van der Waals surface area (Å²) in [6, 6.07) is 0. The third kappa shape index (κ3) is 2.57. The van der Waals surface area contributed by atoms with Crippen LogP contribution < -0.4 is 5.73 Å². The fourth-order valence-electron chi connectivity index (χ4n) is 1.23. The molecule has 0 aromatic heterocycles. The van der Waals surface area contributed by atoms with Crippen LogP contribution in [-0.4, -0.2) is 49.9 Å². The molecule has 1 aliphatic rings. The molecule has 1 saturated heterocycles. The molecule has 2 unspecified atom stereocenters. The van der Waals surface area contributed by atoms with E-state index in [0.717, 1.165) is 0 Å². The summed E-state index contributed by atoms with van der Waals surface area (Å²) >= 11 is 0. The molecule has 0 bridgehead atoms.